The molecule has 1 atom stereocenters. The summed E-state index contributed by atoms with van der Waals surface area (Å²) in [4.78, 5) is 13.2. The van der Waals surface area contributed by atoms with Crippen molar-refractivity contribution in [3.05, 3.63) is 29.8 Å². The van der Waals surface area contributed by atoms with Gasteiger partial charge in [0.1, 0.15) is 19.6 Å². The van der Waals surface area contributed by atoms with Crippen LogP contribution in [0.3, 0.4) is 0 Å². The Morgan fingerprint density at radius 1 is 0.958 bits per heavy atom. The highest BCUT2D eigenvalue weighted by atomic mass is 28.3. The number of para-hydroxylation sites is 1. The van der Waals surface area contributed by atoms with Crippen molar-refractivity contribution in [2.75, 3.05) is 0 Å². The molecule has 0 aliphatic carbocycles. The number of hydrogen-bond acceptors (Lipinski definition) is 3. The Hall–Kier alpha value is -1.60. The van der Waals surface area contributed by atoms with Gasteiger partial charge in [-0.3, -0.25) is 4.79 Å². The summed E-state index contributed by atoms with van der Waals surface area (Å²) in [5.74, 6) is 1.50. The molecule has 0 amide bonds. The van der Waals surface area contributed by atoms with E-state index in [1.54, 1.807) is 0 Å². The van der Waals surface area contributed by atoms with E-state index in [9.17, 15) is 4.79 Å². The molecule has 0 bridgehead atoms. The molecule has 2 heterocycles. The number of ketones is 1. The first-order valence-electron chi connectivity index (χ1n) is 8.50. The van der Waals surface area contributed by atoms with Gasteiger partial charge in [-0.05, 0) is 24.2 Å². The predicted octanol–water partition coefficient (Wildman–Crippen LogP) is 4.00. The molecule has 0 saturated carbocycles. The van der Waals surface area contributed by atoms with E-state index in [2.05, 4.69) is 39.3 Å². The average molecular weight is 359 g/mol. The van der Waals surface area contributed by atoms with Gasteiger partial charge < -0.3 is 9.15 Å². The highest BCUT2D eigenvalue weighted by Crippen LogP contribution is 2.37. The van der Waals surface area contributed by atoms with Crippen LogP contribution in [0.25, 0.3) is 11.3 Å². The zero-order chi connectivity index (χ0) is 17.9. The molecule has 5 heteroatoms. The van der Waals surface area contributed by atoms with E-state index < -0.39 is 22.3 Å². The van der Waals surface area contributed by atoms with Gasteiger partial charge in [0.25, 0.3) is 0 Å². The van der Waals surface area contributed by atoms with Crippen LogP contribution in [-0.2, 0) is 0 Å². The molecule has 1 aromatic heterocycles. The fourth-order valence-corrected chi connectivity index (χ4v) is 8.56. The van der Waals surface area contributed by atoms with Gasteiger partial charge in [-0.1, -0.05) is 51.4 Å². The third-order valence-corrected chi connectivity index (χ3v) is 8.33. The number of benzene rings is 1. The molecule has 0 radical (unpaired) electrons. The fraction of sp³-hybridized carbons (Fsp3) is 0.421. The topological polar surface area (TPSA) is 39.4 Å². The fourth-order valence-electron chi connectivity index (χ4n) is 3.30. The minimum Gasteiger partial charge on any atom is -0.482 e. The second kappa shape index (κ2) is 5.46. The summed E-state index contributed by atoms with van der Waals surface area (Å²) in [6.45, 7) is 15.6. The minimum absolute atomic E-state index is 0.0480. The maximum Gasteiger partial charge on any atom is 0.206 e. The molecule has 0 spiro atoms. The maximum absolute atomic E-state index is 13.2. The zero-order valence-corrected chi connectivity index (χ0v) is 17.6. The molecule has 24 heavy (non-hydrogen) atoms. The van der Waals surface area contributed by atoms with Crippen LogP contribution in [0.15, 0.2) is 28.7 Å². The minimum atomic E-state index is -1.77. The van der Waals surface area contributed by atoms with Crippen molar-refractivity contribution in [2.45, 2.75) is 52.3 Å². The Balaban J connectivity index is 2.44. The van der Waals surface area contributed by atoms with E-state index >= 15 is 0 Å². The van der Waals surface area contributed by atoms with Crippen molar-refractivity contribution in [1.82, 2.24) is 0 Å². The van der Waals surface area contributed by atoms with Crippen molar-refractivity contribution in [2.24, 2.45) is 0 Å². The normalized spacial score (nSPS) is 17.8. The van der Waals surface area contributed by atoms with Gasteiger partial charge in [-0.25, -0.2) is 0 Å². The summed E-state index contributed by atoms with van der Waals surface area (Å²) in [7, 11) is -3.48. The Morgan fingerprint density at radius 2 is 1.58 bits per heavy atom. The lowest BCUT2D eigenvalue weighted by Gasteiger charge is -2.24. The quantitative estimate of drug-likeness (QED) is 0.762. The number of furan rings is 1. The largest absolute Gasteiger partial charge is 0.482 e. The van der Waals surface area contributed by atoms with Crippen LogP contribution >= 0.6 is 0 Å². The van der Waals surface area contributed by atoms with Gasteiger partial charge >= 0.3 is 0 Å². The molecule has 1 unspecified atom stereocenters. The van der Waals surface area contributed by atoms with Crippen molar-refractivity contribution in [1.29, 1.82) is 0 Å². The smallest absolute Gasteiger partial charge is 0.206 e. The summed E-state index contributed by atoms with van der Waals surface area (Å²) in [5.41, 5.74) is 1.68. The Bertz CT molecular complexity index is 807. The van der Waals surface area contributed by atoms with Gasteiger partial charge in [0, 0.05) is 0 Å². The van der Waals surface area contributed by atoms with Crippen molar-refractivity contribution < 1.29 is 13.9 Å². The lowest BCUT2D eigenvalue weighted by molar-refractivity contribution is 0.0825. The van der Waals surface area contributed by atoms with Crippen molar-refractivity contribution in [3.63, 3.8) is 0 Å². The number of fused-ring (bicyclic) bond motifs is 3. The Morgan fingerprint density at radius 3 is 2.17 bits per heavy atom. The molecular formula is C19H26O3Si2. The Kier molecular flexibility index (Phi) is 3.92. The predicted molar refractivity (Wildman–Crippen MR) is 105 cm³/mol. The Labute approximate surface area is 146 Å². The van der Waals surface area contributed by atoms with Gasteiger partial charge in [-0.15, -0.1) is 0 Å². The lowest BCUT2D eigenvalue weighted by Crippen LogP contribution is -2.56. The summed E-state index contributed by atoms with van der Waals surface area (Å²) in [5, 5.41) is 2.29. The van der Waals surface area contributed by atoms with Crippen LogP contribution in [0.2, 0.25) is 39.3 Å². The average Bonchev–Trinajstić information content (AvgIpc) is 2.83. The van der Waals surface area contributed by atoms with Gasteiger partial charge in [0.15, 0.2) is 6.10 Å². The third-order valence-electron chi connectivity index (χ3n) is 4.39. The van der Waals surface area contributed by atoms with Crippen LogP contribution in [-0.4, -0.2) is 28.0 Å². The molecule has 3 rings (SSSR count). The van der Waals surface area contributed by atoms with E-state index in [-0.39, 0.29) is 5.78 Å². The second-order valence-corrected chi connectivity index (χ2v) is 18.6. The van der Waals surface area contributed by atoms with Crippen LogP contribution in [0.1, 0.15) is 17.3 Å². The maximum atomic E-state index is 13.2. The van der Waals surface area contributed by atoms with E-state index in [4.69, 9.17) is 9.15 Å². The molecular weight excluding hydrogens is 332 g/mol. The first kappa shape index (κ1) is 17.2. The van der Waals surface area contributed by atoms with E-state index in [1.807, 2.05) is 31.2 Å². The van der Waals surface area contributed by atoms with Crippen LogP contribution in [0, 0.1) is 0 Å². The number of carbonyl (C=O) groups excluding carboxylic acids is 1. The highest BCUT2D eigenvalue weighted by molar-refractivity contribution is 6.98. The summed E-state index contributed by atoms with van der Waals surface area (Å²) in [6.07, 6.45) is -0.491. The third kappa shape index (κ3) is 2.69. The summed E-state index contributed by atoms with van der Waals surface area (Å²) < 4.78 is 12.4. The van der Waals surface area contributed by atoms with E-state index in [0.717, 1.165) is 28.0 Å². The van der Waals surface area contributed by atoms with Crippen LogP contribution in [0.4, 0.5) is 0 Å². The van der Waals surface area contributed by atoms with Gasteiger partial charge in [0.2, 0.25) is 5.78 Å². The van der Waals surface area contributed by atoms with Crippen LogP contribution in [0.5, 0.6) is 5.75 Å². The number of ether oxygens (including phenoxy) is 1. The molecule has 3 nitrogen and oxygen atoms in total. The zero-order valence-electron chi connectivity index (χ0n) is 15.6. The molecule has 2 aromatic rings. The summed E-state index contributed by atoms with van der Waals surface area (Å²) >= 11 is 0. The second-order valence-electron chi connectivity index (χ2n) is 8.63. The van der Waals surface area contributed by atoms with Crippen molar-refractivity contribution >= 4 is 32.5 Å². The molecule has 128 valence electrons. The SMILES string of the molecule is CC1Oc2ccccc2-c2oc([Si](C)(C)C)c([Si](C)(C)C)c2C1=O. The molecule has 1 aromatic carbocycles. The number of rotatable bonds is 2. The van der Waals surface area contributed by atoms with E-state index in [1.165, 1.54) is 5.19 Å². The molecule has 0 fully saturated rings. The van der Waals surface area contributed by atoms with E-state index in [0.29, 0.717) is 0 Å². The molecule has 0 N–H and O–H groups in total. The monoisotopic (exact) mass is 358 g/mol. The van der Waals surface area contributed by atoms with Crippen LogP contribution < -0.4 is 15.3 Å². The first-order chi connectivity index (χ1) is 11.0. The van der Waals surface area contributed by atoms with Gasteiger partial charge in [-0.2, -0.15) is 0 Å². The number of carbonyl (C=O) groups is 1. The number of hydrogen-bond donors (Lipinski definition) is 0. The highest BCUT2D eigenvalue weighted by Gasteiger charge is 2.41. The summed E-state index contributed by atoms with van der Waals surface area (Å²) in [6, 6.07) is 7.81. The first-order valence-corrected chi connectivity index (χ1v) is 15.5. The molecule has 1 aliphatic rings. The lowest BCUT2D eigenvalue weighted by atomic mass is 10.0. The molecule has 0 saturated heterocycles. The van der Waals surface area contributed by atoms with Gasteiger partial charge in [0.05, 0.1) is 24.6 Å². The number of Topliss-reactive ketones (excluding diaryl/α,β-unsaturated/α-hetero) is 1. The standard InChI is InChI=1S/C19H26O3Si2/c1-12-16(20)15-17(13-10-8-9-11-14(13)21-12)22-19(24(5,6)7)18(15)23(2,3)4/h8-12H,1-7H3. The molecule has 1 aliphatic heterocycles. The van der Waals surface area contributed by atoms with Crippen molar-refractivity contribution in [3.8, 4) is 17.1 Å².